The van der Waals surface area contributed by atoms with Gasteiger partial charge in [-0.25, -0.2) is 0 Å². The number of ether oxygens (including phenoxy) is 1. The molecule has 3 atom stereocenters. The van der Waals surface area contributed by atoms with E-state index in [0.717, 1.165) is 6.42 Å². The Labute approximate surface area is 95.0 Å². The van der Waals surface area contributed by atoms with Crippen LogP contribution >= 0.6 is 0 Å². The molecule has 1 heterocycles. The first-order valence-corrected chi connectivity index (χ1v) is 5.33. The minimum Gasteiger partial charge on any atom is -0.409 e. The van der Waals surface area contributed by atoms with Crippen LogP contribution in [0.4, 0.5) is 0 Å². The van der Waals surface area contributed by atoms with Gasteiger partial charge in [-0.15, -0.1) is 0 Å². The number of nitrogens with zero attached hydrogens (tertiary/aromatic N) is 2. The molecule has 16 heavy (non-hydrogen) atoms. The van der Waals surface area contributed by atoms with Gasteiger partial charge in [-0.05, 0) is 20.3 Å². The van der Waals surface area contributed by atoms with Crippen LogP contribution in [0.1, 0.15) is 20.3 Å². The third kappa shape index (κ3) is 2.63. The summed E-state index contributed by atoms with van der Waals surface area (Å²) in [5.74, 6) is -0.111. The maximum atomic E-state index is 12.0. The van der Waals surface area contributed by atoms with E-state index >= 15 is 0 Å². The van der Waals surface area contributed by atoms with Gasteiger partial charge in [-0.1, -0.05) is 5.16 Å². The Balaban J connectivity index is 2.60. The summed E-state index contributed by atoms with van der Waals surface area (Å²) in [5, 5.41) is 11.4. The number of amidine groups is 1. The fourth-order valence-electron chi connectivity index (χ4n) is 1.75. The van der Waals surface area contributed by atoms with Crippen molar-refractivity contribution in [1.29, 1.82) is 0 Å². The molecule has 1 rings (SSSR count). The first-order chi connectivity index (χ1) is 7.47. The molecule has 92 valence electrons. The van der Waals surface area contributed by atoms with Crippen molar-refractivity contribution in [2.24, 2.45) is 16.8 Å². The van der Waals surface area contributed by atoms with Crippen molar-refractivity contribution in [3.05, 3.63) is 0 Å². The normalized spacial score (nSPS) is 27.8. The fraction of sp³-hybridized carbons (Fsp3) is 0.800. The zero-order valence-corrected chi connectivity index (χ0v) is 9.88. The van der Waals surface area contributed by atoms with Crippen LogP contribution in [-0.2, 0) is 9.53 Å². The van der Waals surface area contributed by atoms with Gasteiger partial charge in [0.05, 0.1) is 24.7 Å². The Morgan fingerprint density at radius 3 is 2.75 bits per heavy atom. The standard InChI is InChI=1S/C10H19N3O3/c1-6-4-8(5-16-6)10(14)13(3)7(2)9(11)12-15/h6-8,15H,4-5H2,1-3H3,(H2,11,12). The van der Waals surface area contributed by atoms with Gasteiger partial charge in [-0.3, -0.25) is 4.79 Å². The van der Waals surface area contributed by atoms with Crippen molar-refractivity contribution in [2.45, 2.75) is 32.4 Å². The molecule has 3 N–H and O–H groups in total. The van der Waals surface area contributed by atoms with Crippen molar-refractivity contribution >= 4 is 11.7 Å². The predicted octanol–water partition coefficient (Wildman–Crippen LogP) is 0.00470. The van der Waals surface area contributed by atoms with E-state index in [0.29, 0.717) is 6.61 Å². The van der Waals surface area contributed by atoms with E-state index in [4.69, 9.17) is 15.7 Å². The molecule has 1 aliphatic rings. The Morgan fingerprint density at radius 1 is 1.69 bits per heavy atom. The molecule has 1 fully saturated rings. The summed E-state index contributed by atoms with van der Waals surface area (Å²) in [6.07, 6.45) is 0.855. The van der Waals surface area contributed by atoms with Gasteiger partial charge in [0.1, 0.15) is 0 Å². The largest absolute Gasteiger partial charge is 0.409 e. The fourth-order valence-corrected chi connectivity index (χ4v) is 1.75. The van der Waals surface area contributed by atoms with Crippen molar-refractivity contribution in [1.82, 2.24) is 4.90 Å². The number of carbonyl (C=O) groups excluding carboxylic acids is 1. The van der Waals surface area contributed by atoms with Crippen LogP contribution in [-0.4, -0.2) is 47.7 Å². The van der Waals surface area contributed by atoms with Gasteiger partial charge in [0, 0.05) is 7.05 Å². The first kappa shape index (κ1) is 12.8. The molecule has 0 aromatic carbocycles. The average Bonchev–Trinajstić information content (AvgIpc) is 2.71. The smallest absolute Gasteiger partial charge is 0.228 e. The number of amides is 1. The lowest BCUT2D eigenvalue weighted by Crippen LogP contribution is -2.46. The van der Waals surface area contributed by atoms with Gasteiger partial charge < -0.3 is 20.6 Å². The van der Waals surface area contributed by atoms with E-state index in [1.54, 1.807) is 14.0 Å². The highest BCUT2D eigenvalue weighted by Crippen LogP contribution is 2.21. The van der Waals surface area contributed by atoms with Crippen LogP contribution in [0.15, 0.2) is 5.16 Å². The summed E-state index contributed by atoms with van der Waals surface area (Å²) < 4.78 is 5.34. The average molecular weight is 229 g/mol. The number of likely N-dealkylation sites (N-methyl/N-ethyl adjacent to an activating group) is 1. The second kappa shape index (κ2) is 5.16. The highest BCUT2D eigenvalue weighted by molar-refractivity contribution is 5.90. The number of carbonyl (C=O) groups is 1. The Hall–Kier alpha value is -1.30. The van der Waals surface area contributed by atoms with Crippen molar-refractivity contribution < 1.29 is 14.7 Å². The molecule has 0 aromatic heterocycles. The van der Waals surface area contributed by atoms with Gasteiger partial charge in [0.25, 0.3) is 0 Å². The summed E-state index contributed by atoms with van der Waals surface area (Å²) in [5.41, 5.74) is 5.46. The summed E-state index contributed by atoms with van der Waals surface area (Å²) in [6, 6.07) is -0.409. The third-order valence-corrected chi connectivity index (χ3v) is 3.02. The van der Waals surface area contributed by atoms with Crippen LogP contribution in [0.25, 0.3) is 0 Å². The molecular formula is C10H19N3O3. The second-order valence-electron chi connectivity index (χ2n) is 4.23. The van der Waals surface area contributed by atoms with E-state index in [2.05, 4.69) is 5.16 Å². The van der Waals surface area contributed by atoms with Gasteiger partial charge >= 0.3 is 0 Å². The molecular weight excluding hydrogens is 210 g/mol. The number of hydrogen-bond donors (Lipinski definition) is 2. The molecule has 0 bridgehead atoms. The summed E-state index contributed by atoms with van der Waals surface area (Å²) in [4.78, 5) is 13.5. The molecule has 1 saturated heterocycles. The van der Waals surface area contributed by atoms with Crippen molar-refractivity contribution in [3.63, 3.8) is 0 Å². The van der Waals surface area contributed by atoms with Gasteiger partial charge in [0.2, 0.25) is 5.91 Å². The monoisotopic (exact) mass is 229 g/mol. The number of nitrogens with two attached hydrogens (primary N) is 1. The minimum absolute atomic E-state index is 0.0246. The molecule has 6 nitrogen and oxygen atoms in total. The van der Waals surface area contributed by atoms with E-state index < -0.39 is 6.04 Å². The molecule has 0 spiro atoms. The van der Waals surface area contributed by atoms with E-state index in [1.165, 1.54) is 4.90 Å². The molecule has 0 aliphatic carbocycles. The molecule has 3 unspecified atom stereocenters. The molecule has 0 radical (unpaired) electrons. The summed E-state index contributed by atoms with van der Waals surface area (Å²) in [7, 11) is 1.65. The van der Waals surface area contributed by atoms with Crippen molar-refractivity contribution in [2.75, 3.05) is 13.7 Å². The van der Waals surface area contributed by atoms with Gasteiger partial charge in [-0.2, -0.15) is 0 Å². The van der Waals surface area contributed by atoms with Gasteiger partial charge in [0.15, 0.2) is 5.84 Å². The molecule has 1 amide bonds. The molecule has 0 aromatic rings. The lowest BCUT2D eigenvalue weighted by Gasteiger charge is -2.26. The minimum atomic E-state index is -0.409. The molecule has 1 aliphatic heterocycles. The number of rotatable bonds is 3. The van der Waals surface area contributed by atoms with E-state index in [-0.39, 0.29) is 23.8 Å². The summed E-state index contributed by atoms with van der Waals surface area (Å²) in [6.45, 7) is 4.11. The van der Waals surface area contributed by atoms with Crippen LogP contribution in [0.5, 0.6) is 0 Å². The van der Waals surface area contributed by atoms with Crippen molar-refractivity contribution in [3.8, 4) is 0 Å². The van der Waals surface area contributed by atoms with Crippen LogP contribution in [0.3, 0.4) is 0 Å². The topological polar surface area (TPSA) is 88.2 Å². The molecule has 6 heteroatoms. The van der Waals surface area contributed by atoms with Crippen LogP contribution in [0.2, 0.25) is 0 Å². The lowest BCUT2D eigenvalue weighted by molar-refractivity contribution is -0.134. The predicted molar refractivity (Wildman–Crippen MR) is 59.2 cm³/mol. The third-order valence-electron chi connectivity index (χ3n) is 3.02. The first-order valence-electron chi connectivity index (χ1n) is 5.33. The number of oxime groups is 1. The lowest BCUT2D eigenvalue weighted by atomic mass is 10.0. The second-order valence-corrected chi connectivity index (χ2v) is 4.23. The van der Waals surface area contributed by atoms with E-state index in [9.17, 15) is 4.79 Å². The number of hydrogen-bond acceptors (Lipinski definition) is 4. The van der Waals surface area contributed by atoms with E-state index in [1.807, 2.05) is 6.92 Å². The zero-order valence-electron chi connectivity index (χ0n) is 9.88. The Kier molecular flexibility index (Phi) is 4.12. The highest BCUT2D eigenvalue weighted by Gasteiger charge is 2.32. The maximum Gasteiger partial charge on any atom is 0.228 e. The highest BCUT2D eigenvalue weighted by atomic mass is 16.5. The Morgan fingerprint density at radius 2 is 2.31 bits per heavy atom. The quantitative estimate of drug-likeness (QED) is 0.309. The zero-order chi connectivity index (χ0) is 12.3. The van der Waals surface area contributed by atoms with Crippen LogP contribution in [0, 0.1) is 5.92 Å². The molecule has 0 saturated carbocycles. The maximum absolute atomic E-state index is 12.0. The SMILES string of the molecule is CC1CC(C(=O)N(C)C(C)C(N)=NO)CO1. The summed E-state index contributed by atoms with van der Waals surface area (Å²) >= 11 is 0. The van der Waals surface area contributed by atoms with Crippen LogP contribution < -0.4 is 5.73 Å². The Bertz CT molecular complexity index is 293.